The third-order valence-electron chi connectivity index (χ3n) is 3.60. The maximum Gasteiger partial charge on any atom is 0.111 e. The Balaban J connectivity index is 2.25. The van der Waals surface area contributed by atoms with Crippen LogP contribution in [0.5, 0.6) is 0 Å². The summed E-state index contributed by atoms with van der Waals surface area (Å²) in [6, 6.07) is 14.3. The molecule has 19 heavy (non-hydrogen) atoms. The number of hydrogen-bond donors (Lipinski definition) is 0. The zero-order chi connectivity index (χ0) is 13.2. The first kappa shape index (κ1) is 12.6. The number of aliphatic imine (C=N–C) groups is 1. The molecule has 3 rings (SSSR count). The predicted molar refractivity (Wildman–Crippen MR) is 82.2 cm³/mol. The molecule has 0 aromatic heterocycles. The third-order valence-corrected chi connectivity index (χ3v) is 3.94. The number of halogens is 1. The van der Waals surface area contributed by atoms with E-state index in [1.807, 2.05) is 18.2 Å². The number of rotatable bonds is 1. The highest BCUT2D eigenvalue weighted by atomic mass is 35.5. The lowest BCUT2D eigenvalue weighted by Gasteiger charge is -2.15. The fraction of sp³-hybridized carbons (Fsp3) is 0.188. The first-order valence-corrected chi connectivity index (χ1v) is 7.01. The van der Waals surface area contributed by atoms with Crippen LogP contribution in [0.2, 0.25) is 5.02 Å². The second-order valence-electron chi connectivity index (χ2n) is 4.66. The van der Waals surface area contributed by atoms with E-state index in [4.69, 9.17) is 23.8 Å². The van der Waals surface area contributed by atoms with Crippen molar-refractivity contribution in [2.24, 2.45) is 4.99 Å². The molecule has 1 aliphatic carbocycles. The van der Waals surface area contributed by atoms with Gasteiger partial charge >= 0.3 is 0 Å². The van der Waals surface area contributed by atoms with Crippen molar-refractivity contribution in [1.82, 2.24) is 0 Å². The van der Waals surface area contributed by atoms with Crippen LogP contribution < -0.4 is 0 Å². The predicted octanol–water partition coefficient (Wildman–Crippen LogP) is 4.63. The van der Waals surface area contributed by atoms with Crippen LogP contribution >= 0.6 is 23.8 Å². The second kappa shape index (κ2) is 5.26. The van der Waals surface area contributed by atoms with Crippen LogP contribution in [0.4, 0.5) is 0 Å². The molecule has 0 N–H and O–H groups in total. The molecule has 2 aromatic carbocycles. The van der Waals surface area contributed by atoms with Crippen molar-refractivity contribution in [3.8, 4) is 0 Å². The van der Waals surface area contributed by atoms with Crippen molar-refractivity contribution in [3.05, 3.63) is 69.7 Å². The van der Waals surface area contributed by atoms with E-state index in [0.717, 1.165) is 23.4 Å². The lowest BCUT2D eigenvalue weighted by atomic mass is 9.95. The Morgan fingerprint density at radius 1 is 1.05 bits per heavy atom. The average molecular weight is 286 g/mol. The second-order valence-corrected chi connectivity index (χ2v) is 5.28. The molecule has 0 saturated carbocycles. The molecule has 0 aliphatic heterocycles. The zero-order valence-corrected chi connectivity index (χ0v) is 11.8. The van der Waals surface area contributed by atoms with Gasteiger partial charge in [-0.3, -0.25) is 0 Å². The standard InChI is InChI=1S/C16H12ClNS/c17-13-8-7-12-6-5-11-3-1-2-4-14(11)16(18-10-19)15(12)9-13/h1-4,7-9,16H,5-6H2. The Bertz CT molecular complexity index is 674. The van der Waals surface area contributed by atoms with Crippen molar-refractivity contribution in [3.63, 3.8) is 0 Å². The number of isothiocyanates is 1. The van der Waals surface area contributed by atoms with E-state index in [1.165, 1.54) is 16.7 Å². The fourth-order valence-electron chi connectivity index (χ4n) is 2.71. The normalized spacial score (nSPS) is 16.8. The van der Waals surface area contributed by atoms with Gasteiger partial charge in [0, 0.05) is 5.02 Å². The van der Waals surface area contributed by atoms with Gasteiger partial charge < -0.3 is 0 Å². The molecule has 1 nitrogen and oxygen atoms in total. The maximum absolute atomic E-state index is 6.13. The number of fused-ring (bicyclic) bond motifs is 2. The van der Waals surface area contributed by atoms with E-state index in [0.29, 0.717) is 0 Å². The molecule has 0 heterocycles. The minimum atomic E-state index is -0.0788. The summed E-state index contributed by atoms with van der Waals surface area (Å²) >= 11 is 11.0. The summed E-state index contributed by atoms with van der Waals surface area (Å²) in [7, 11) is 0. The molecule has 0 bridgehead atoms. The zero-order valence-electron chi connectivity index (χ0n) is 10.3. The summed E-state index contributed by atoms with van der Waals surface area (Å²) in [4.78, 5) is 4.37. The lowest BCUT2D eigenvalue weighted by Crippen LogP contribution is -2.00. The molecule has 0 spiro atoms. The summed E-state index contributed by atoms with van der Waals surface area (Å²) in [6.45, 7) is 0. The molecule has 3 heteroatoms. The smallest absolute Gasteiger partial charge is 0.111 e. The minimum absolute atomic E-state index is 0.0788. The van der Waals surface area contributed by atoms with E-state index in [2.05, 4.69) is 34.4 Å². The Kier molecular flexibility index (Phi) is 3.48. The number of aryl methyl sites for hydroxylation is 2. The van der Waals surface area contributed by atoms with Crippen LogP contribution in [0, 0.1) is 0 Å². The SMILES string of the molecule is S=C=NC1c2ccccc2CCc2ccc(Cl)cc21. The quantitative estimate of drug-likeness (QED) is 0.550. The Hall–Kier alpha value is -1.47. The highest BCUT2D eigenvalue weighted by Gasteiger charge is 2.22. The summed E-state index contributed by atoms with van der Waals surface area (Å²) < 4.78 is 0. The highest BCUT2D eigenvalue weighted by molar-refractivity contribution is 7.78. The van der Waals surface area contributed by atoms with Crippen molar-refractivity contribution < 1.29 is 0 Å². The van der Waals surface area contributed by atoms with Crippen molar-refractivity contribution >= 4 is 29.0 Å². The molecule has 0 fully saturated rings. The minimum Gasteiger partial charge on any atom is -0.219 e. The molecule has 1 aliphatic rings. The van der Waals surface area contributed by atoms with E-state index in [-0.39, 0.29) is 6.04 Å². The largest absolute Gasteiger partial charge is 0.219 e. The molecular weight excluding hydrogens is 274 g/mol. The summed E-state index contributed by atoms with van der Waals surface area (Å²) in [5, 5.41) is 3.27. The fourth-order valence-corrected chi connectivity index (χ4v) is 2.99. The van der Waals surface area contributed by atoms with E-state index >= 15 is 0 Å². The van der Waals surface area contributed by atoms with Crippen LogP contribution in [0.3, 0.4) is 0 Å². The lowest BCUT2D eigenvalue weighted by molar-refractivity contribution is 0.873. The van der Waals surface area contributed by atoms with Crippen molar-refractivity contribution in [2.75, 3.05) is 0 Å². The summed E-state index contributed by atoms with van der Waals surface area (Å²) in [6.07, 6.45) is 2.03. The Morgan fingerprint density at radius 3 is 2.58 bits per heavy atom. The van der Waals surface area contributed by atoms with Gasteiger partial charge in [-0.05, 0) is 59.4 Å². The molecule has 1 atom stereocenters. The van der Waals surface area contributed by atoms with Crippen LogP contribution in [0.15, 0.2) is 47.5 Å². The van der Waals surface area contributed by atoms with E-state index in [9.17, 15) is 0 Å². The molecule has 0 radical (unpaired) electrons. The number of benzene rings is 2. The molecular formula is C16H12ClNS. The van der Waals surface area contributed by atoms with Gasteiger partial charge in [0.25, 0.3) is 0 Å². The first-order valence-electron chi connectivity index (χ1n) is 6.22. The summed E-state index contributed by atoms with van der Waals surface area (Å²) in [5.74, 6) is 0. The topological polar surface area (TPSA) is 12.4 Å². The van der Waals surface area contributed by atoms with Gasteiger partial charge in [0.2, 0.25) is 0 Å². The molecule has 94 valence electrons. The first-order chi connectivity index (χ1) is 9.29. The van der Waals surface area contributed by atoms with E-state index < -0.39 is 0 Å². The van der Waals surface area contributed by atoms with Crippen LogP contribution in [-0.4, -0.2) is 5.16 Å². The van der Waals surface area contributed by atoms with Gasteiger partial charge in [-0.25, -0.2) is 4.99 Å². The molecule has 1 unspecified atom stereocenters. The average Bonchev–Trinajstić information content (AvgIpc) is 2.58. The van der Waals surface area contributed by atoms with Gasteiger partial charge in [-0.1, -0.05) is 41.9 Å². The monoisotopic (exact) mass is 285 g/mol. The molecule has 0 saturated heterocycles. The highest BCUT2D eigenvalue weighted by Crippen LogP contribution is 2.36. The van der Waals surface area contributed by atoms with Gasteiger partial charge in [0.05, 0.1) is 5.16 Å². The Labute approximate surface area is 122 Å². The number of hydrogen-bond acceptors (Lipinski definition) is 2. The van der Waals surface area contributed by atoms with Crippen LogP contribution in [0.1, 0.15) is 28.3 Å². The van der Waals surface area contributed by atoms with Crippen molar-refractivity contribution in [2.45, 2.75) is 18.9 Å². The Morgan fingerprint density at radius 2 is 1.79 bits per heavy atom. The van der Waals surface area contributed by atoms with Crippen LogP contribution in [0.25, 0.3) is 0 Å². The number of nitrogens with zero attached hydrogens (tertiary/aromatic N) is 1. The van der Waals surface area contributed by atoms with Crippen molar-refractivity contribution in [1.29, 1.82) is 0 Å². The third kappa shape index (κ3) is 2.35. The van der Waals surface area contributed by atoms with Gasteiger partial charge in [-0.2, -0.15) is 0 Å². The number of thiocarbonyl (C=S) groups is 1. The van der Waals surface area contributed by atoms with Gasteiger partial charge in [0.15, 0.2) is 0 Å². The van der Waals surface area contributed by atoms with Gasteiger partial charge in [-0.15, -0.1) is 0 Å². The maximum atomic E-state index is 6.13. The van der Waals surface area contributed by atoms with Gasteiger partial charge in [0.1, 0.15) is 6.04 Å². The molecule has 2 aromatic rings. The van der Waals surface area contributed by atoms with Crippen LogP contribution in [-0.2, 0) is 12.8 Å². The molecule has 0 amide bonds. The summed E-state index contributed by atoms with van der Waals surface area (Å²) in [5.41, 5.74) is 4.98. The van der Waals surface area contributed by atoms with E-state index in [1.54, 1.807) is 0 Å².